The van der Waals surface area contributed by atoms with Gasteiger partial charge in [-0.2, -0.15) is 0 Å². The number of esters is 1. The molecule has 132 valence electrons. The fourth-order valence-corrected chi connectivity index (χ4v) is 2.23. The van der Waals surface area contributed by atoms with Crippen LogP contribution in [0.15, 0.2) is 48.5 Å². The molecule has 1 atom stereocenters. The number of hydrogen-bond acceptors (Lipinski definition) is 4. The predicted molar refractivity (Wildman–Crippen MR) is 95.4 cm³/mol. The van der Waals surface area contributed by atoms with Gasteiger partial charge in [-0.3, -0.25) is 4.79 Å². The molecular weight excluding hydrogens is 318 g/mol. The summed E-state index contributed by atoms with van der Waals surface area (Å²) in [4.78, 5) is 25.9. The number of amides is 1. The quantitative estimate of drug-likeness (QED) is 0.758. The standard InChI is InChI=1S/C20H23NO4/c1-14-10-11-17(12-15(14)2)24-13-18(22)25-19(20(23)21(3)4)16-8-6-5-7-9-16/h5-12,19H,13H2,1-4H3/t19-/m1/s1. The van der Waals surface area contributed by atoms with E-state index in [1.165, 1.54) is 4.90 Å². The summed E-state index contributed by atoms with van der Waals surface area (Å²) in [5.41, 5.74) is 2.85. The van der Waals surface area contributed by atoms with Crippen molar-refractivity contribution in [2.45, 2.75) is 20.0 Å². The van der Waals surface area contributed by atoms with E-state index in [0.29, 0.717) is 11.3 Å². The van der Waals surface area contributed by atoms with Crippen molar-refractivity contribution in [3.8, 4) is 5.75 Å². The molecule has 0 unspecified atom stereocenters. The number of carbonyl (C=O) groups excluding carboxylic acids is 2. The molecule has 2 aromatic carbocycles. The number of hydrogen-bond donors (Lipinski definition) is 0. The highest BCUT2D eigenvalue weighted by atomic mass is 16.6. The molecule has 0 aliphatic carbocycles. The van der Waals surface area contributed by atoms with E-state index in [0.717, 1.165) is 11.1 Å². The Morgan fingerprint density at radius 1 is 1.00 bits per heavy atom. The zero-order valence-corrected chi connectivity index (χ0v) is 15.0. The van der Waals surface area contributed by atoms with Crippen LogP contribution in [-0.2, 0) is 14.3 Å². The molecular formula is C20H23NO4. The molecule has 1 amide bonds. The van der Waals surface area contributed by atoms with Crippen molar-refractivity contribution in [1.29, 1.82) is 0 Å². The highest BCUT2D eigenvalue weighted by molar-refractivity contribution is 5.85. The van der Waals surface area contributed by atoms with E-state index in [9.17, 15) is 9.59 Å². The molecule has 0 heterocycles. The number of likely N-dealkylation sites (N-methyl/N-ethyl adjacent to an activating group) is 1. The number of ether oxygens (including phenoxy) is 2. The predicted octanol–water partition coefficient (Wildman–Crippen LogP) is 3.05. The van der Waals surface area contributed by atoms with Crippen molar-refractivity contribution in [1.82, 2.24) is 4.90 Å². The molecule has 25 heavy (non-hydrogen) atoms. The van der Waals surface area contributed by atoms with Crippen LogP contribution in [0.1, 0.15) is 22.8 Å². The van der Waals surface area contributed by atoms with Gasteiger partial charge in [0, 0.05) is 19.7 Å². The van der Waals surface area contributed by atoms with E-state index >= 15 is 0 Å². The molecule has 0 saturated heterocycles. The second-order valence-electron chi connectivity index (χ2n) is 6.05. The summed E-state index contributed by atoms with van der Waals surface area (Å²) in [5.74, 6) is -0.303. The average molecular weight is 341 g/mol. The summed E-state index contributed by atoms with van der Waals surface area (Å²) in [6.07, 6.45) is -0.980. The largest absolute Gasteiger partial charge is 0.482 e. The SMILES string of the molecule is Cc1ccc(OCC(=O)O[C@@H](C(=O)N(C)C)c2ccccc2)cc1C. The Hall–Kier alpha value is -2.82. The van der Waals surface area contributed by atoms with Crippen LogP contribution in [-0.4, -0.2) is 37.5 Å². The van der Waals surface area contributed by atoms with Crippen molar-refractivity contribution in [3.63, 3.8) is 0 Å². The molecule has 2 rings (SSSR count). The maximum absolute atomic E-state index is 12.3. The number of rotatable bonds is 6. The van der Waals surface area contributed by atoms with Crippen molar-refractivity contribution in [2.75, 3.05) is 20.7 Å². The van der Waals surface area contributed by atoms with Gasteiger partial charge in [0.2, 0.25) is 6.10 Å². The Bertz CT molecular complexity index is 741. The Morgan fingerprint density at radius 2 is 1.68 bits per heavy atom. The summed E-state index contributed by atoms with van der Waals surface area (Å²) in [6.45, 7) is 3.72. The van der Waals surface area contributed by atoms with Gasteiger partial charge in [0.05, 0.1) is 0 Å². The van der Waals surface area contributed by atoms with E-state index < -0.39 is 12.1 Å². The van der Waals surface area contributed by atoms with Gasteiger partial charge >= 0.3 is 5.97 Å². The lowest BCUT2D eigenvalue weighted by molar-refractivity contribution is -0.161. The zero-order chi connectivity index (χ0) is 18.4. The van der Waals surface area contributed by atoms with E-state index in [2.05, 4.69) is 0 Å². The second kappa shape index (κ2) is 8.33. The number of aryl methyl sites for hydroxylation is 2. The summed E-state index contributed by atoms with van der Waals surface area (Å²) in [6, 6.07) is 14.5. The minimum atomic E-state index is -0.980. The molecule has 5 nitrogen and oxygen atoms in total. The van der Waals surface area contributed by atoms with Crippen LogP contribution in [0.25, 0.3) is 0 Å². The second-order valence-corrected chi connectivity index (χ2v) is 6.05. The van der Waals surface area contributed by atoms with Crippen LogP contribution in [0.5, 0.6) is 5.75 Å². The third kappa shape index (κ3) is 5.08. The van der Waals surface area contributed by atoms with Crippen molar-refractivity contribution >= 4 is 11.9 Å². The average Bonchev–Trinajstić information content (AvgIpc) is 2.60. The summed E-state index contributed by atoms with van der Waals surface area (Å²) in [5, 5.41) is 0. The lowest BCUT2D eigenvalue weighted by Gasteiger charge is -2.21. The van der Waals surface area contributed by atoms with Gasteiger partial charge in [-0.25, -0.2) is 4.79 Å². The minimum absolute atomic E-state index is 0.257. The zero-order valence-electron chi connectivity index (χ0n) is 15.0. The van der Waals surface area contributed by atoms with Crippen LogP contribution in [0.2, 0.25) is 0 Å². The normalized spacial score (nSPS) is 11.5. The third-order valence-corrected chi connectivity index (χ3v) is 3.85. The fourth-order valence-electron chi connectivity index (χ4n) is 2.23. The highest BCUT2D eigenvalue weighted by Crippen LogP contribution is 2.20. The first-order valence-corrected chi connectivity index (χ1v) is 8.04. The first kappa shape index (κ1) is 18.5. The summed E-state index contributed by atoms with van der Waals surface area (Å²) >= 11 is 0. The number of carbonyl (C=O) groups is 2. The first-order chi connectivity index (χ1) is 11.9. The molecule has 0 aliphatic rings. The Balaban J connectivity index is 2.04. The molecule has 0 aliphatic heterocycles. The molecule has 0 aromatic heterocycles. The smallest absolute Gasteiger partial charge is 0.345 e. The Morgan fingerprint density at radius 3 is 2.28 bits per heavy atom. The fraction of sp³-hybridized carbons (Fsp3) is 0.300. The van der Waals surface area contributed by atoms with Crippen LogP contribution in [0.4, 0.5) is 0 Å². The van der Waals surface area contributed by atoms with Crippen LogP contribution in [0, 0.1) is 13.8 Å². The molecule has 0 spiro atoms. The number of benzene rings is 2. The van der Waals surface area contributed by atoms with Crippen molar-refractivity contribution in [2.24, 2.45) is 0 Å². The van der Waals surface area contributed by atoms with Gasteiger partial charge in [0.25, 0.3) is 5.91 Å². The third-order valence-electron chi connectivity index (χ3n) is 3.85. The monoisotopic (exact) mass is 341 g/mol. The Kier molecular flexibility index (Phi) is 6.17. The van der Waals surface area contributed by atoms with Gasteiger partial charge in [-0.1, -0.05) is 36.4 Å². The van der Waals surface area contributed by atoms with Crippen LogP contribution >= 0.6 is 0 Å². The topological polar surface area (TPSA) is 55.8 Å². The molecule has 0 saturated carbocycles. The molecule has 0 fully saturated rings. The van der Waals surface area contributed by atoms with Crippen LogP contribution < -0.4 is 4.74 Å². The maximum atomic E-state index is 12.3. The highest BCUT2D eigenvalue weighted by Gasteiger charge is 2.26. The van der Waals surface area contributed by atoms with Gasteiger partial charge in [0.1, 0.15) is 5.75 Å². The summed E-state index contributed by atoms with van der Waals surface area (Å²) in [7, 11) is 3.25. The lowest BCUT2D eigenvalue weighted by Crippen LogP contribution is -2.32. The van der Waals surface area contributed by atoms with Gasteiger partial charge in [0.15, 0.2) is 6.61 Å². The van der Waals surface area contributed by atoms with Gasteiger partial charge < -0.3 is 14.4 Å². The maximum Gasteiger partial charge on any atom is 0.345 e. The lowest BCUT2D eigenvalue weighted by atomic mass is 10.1. The van der Waals surface area contributed by atoms with E-state index in [1.54, 1.807) is 44.4 Å². The van der Waals surface area contributed by atoms with Crippen molar-refractivity contribution < 1.29 is 19.1 Å². The Labute approximate surface area is 148 Å². The molecule has 0 N–H and O–H groups in total. The van der Waals surface area contributed by atoms with E-state index in [1.807, 2.05) is 32.0 Å². The van der Waals surface area contributed by atoms with E-state index in [-0.39, 0.29) is 12.5 Å². The molecule has 2 aromatic rings. The molecule has 0 radical (unpaired) electrons. The molecule has 5 heteroatoms. The van der Waals surface area contributed by atoms with Crippen molar-refractivity contribution in [3.05, 3.63) is 65.2 Å². The van der Waals surface area contributed by atoms with E-state index in [4.69, 9.17) is 9.47 Å². The first-order valence-electron chi connectivity index (χ1n) is 8.04. The van der Waals surface area contributed by atoms with Gasteiger partial charge in [-0.15, -0.1) is 0 Å². The van der Waals surface area contributed by atoms with Gasteiger partial charge in [-0.05, 0) is 37.1 Å². The summed E-state index contributed by atoms with van der Waals surface area (Å²) < 4.78 is 10.9. The van der Waals surface area contributed by atoms with Crippen LogP contribution in [0.3, 0.4) is 0 Å². The molecule has 0 bridgehead atoms. The number of nitrogens with zero attached hydrogens (tertiary/aromatic N) is 1. The minimum Gasteiger partial charge on any atom is -0.482 e.